The lowest BCUT2D eigenvalue weighted by atomic mass is 10.0. The molecule has 0 amide bonds. The third kappa shape index (κ3) is 3.55. The second kappa shape index (κ2) is 5.72. The Morgan fingerprint density at radius 3 is 2.68 bits per heavy atom. The summed E-state index contributed by atoms with van der Waals surface area (Å²) in [4.78, 5) is 12.1. The number of ketones is 1. The molecule has 0 fully saturated rings. The fourth-order valence-corrected chi connectivity index (χ4v) is 2.38. The Morgan fingerprint density at radius 2 is 2.00 bits per heavy atom. The topological polar surface area (TPSA) is 43.1 Å². The average Bonchev–Trinajstić information content (AvgIpc) is 2.32. The molecule has 2 nitrogen and oxygen atoms in total. The lowest BCUT2D eigenvalue weighted by Crippen LogP contribution is -2.06. The Hall–Kier alpha value is -1.39. The minimum absolute atomic E-state index is 0.0367. The highest BCUT2D eigenvalue weighted by atomic mass is 79.9. The Labute approximate surface area is 123 Å². The van der Waals surface area contributed by atoms with Gasteiger partial charge in [0.25, 0.3) is 0 Å². The van der Waals surface area contributed by atoms with Crippen LogP contribution in [-0.2, 0) is 6.42 Å². The lowest BCUT2D eigenvalue weighted by molar-refractivity contribution is 0.0992. The number of carbonyl (C=O) groups is 1. The summed E-state index contributed by atoms with van der Waals surface area (Å²) in [6.07, 6.45) is -0.0367. The van der Waals surface area contributed by atoms with Crippen molar-refractivity contribution >= 4 is 39.0 Å². The zero-order chi connectivity index (χ0) is 14.0. The van der Waals surface area contributed by atoms with Crippen molar-refractivity contribution in [3.8, 4) is 0 Å². The van der Waals surface area contributed by atoms with E-state index in [0.717, 1.165) is 4.47 Å². The van der Waals surface area contributed by atoms with Crippen molar-refractivity contribution in [3.05, 3.63) is 62.8 Å². The summed E-state index contributed by atoms with van der Waals surface area (Å²) in [5, 5.41) is 0.387. The maximum atomic E-state index is 13.6. The van der Waals surface area contributed by atoms with Crippen LogP contribution in [0.15, 0.2) is 40.9 Å². The van der Waals surface area contributed by atoms with Crippen LogP contribution in [-0.4, -0.2) is 5.78 Å². The van der Waals surface area contributed by atoms with Crippen LogP contribution in [0.4, 0.5) is 10.1 Å². The Bertz CT molecular complexity index is 625. The van der Waals surface area contributed by atoms with Crippen molar-refractivity contribution in [1.82, 2.24) is 0 Å². The second-order valence-corrected chi connectivity index (χ2v) is 5.46. The molecule has 0 aliphatic carbocycles. The molecule has 98 valence electrons. The third-order valence-corrected chi connectivity index (χ3v) is 3.31. The van der Waals surface area contributed by atoms with Crippen LogP contribution in [0.1, 0.15) is 15.9 Å². The van der Waals surface area contributed by atoms with E-state index in [0.29, 0.717) is 21.8 Å². The summed E-state index contributed by atoms with van der Waals surface area (Å²) in [5.74, 6) is -0.641. The second-order valence-electron chi connectivity index (χ2n) is 4.11. The van der Waals surface area contributed by atoms with Crippen LogP contribution >= 0.6 is 27.5 Å². The number of anilines is 1. The van der Waals surface area contributed by atoms with E-state index >= 15 is 0 Å². The van der Waals surface area contributed by atoms with Gasteiger partial charge >= 0.3 is 0 Å². The Balaban J connectivity index is 2.28. The summed E-state index contributed by atoms with van der Waals surface area (Å²) < 4.78 is 14.3. The maximum Gasteiger partial charge on any atom is 0.167 e. The van der Waals surface area contributed by atoms with Gasteiger partial charge in [0.15, 0.2) is 5.78 Å². The number of hydrogen-bond acceptors (Lipinski definition) is 2. The van der Waals surface area contributed by atoms with Crippen molar-refractivity contribution in [2.45, 2.75) is 6.42 Å². The highest BCUT2D eigenvalue weighted by Gasteiger charge is 2.12. The van der Waals surface area contributed by atoms with Gasteiger partial charge < -0.3 is 5.73 Å². The van der Waals surface area contributed by atoms with Crippen molar-refractivity contribution in [1.29, 1.82) is 0 Å². The minimum atomic E-state index is -0.411. The molecule has 0 bridgehead atoms. The molecule has 2 rings (SSSR count). The molecule has 5 heteroatoms. The van der Waals surface area contributed by atoms with Crippen molar-refractivity contribution in [2.24, 2.45) is 0 Å². The smallest absolute Gasteiger partial charge is 0.167 e. The quantitative estimate of drug-likeness (QED) is 0.669. The van der Waals surface area contributed by atoms with E-state index in [1.165, 1.54) is 18.2 Å². The van der Waals surface area contributed by atoms with Gasteiger partial charge in [-0.3, -0.25) is 4.79 Å². The number of hydrogen-bond donors (Lipinski definition) is 1. The number of nitrogen functional groups attached to an aromatic ring is 1. The van der Waals surface area contributed by atoms with E-state index in [9.17, 15) is 9.18 Å². The standard InChI is InChI=1S/C14H10BrClFNO/c15-10-1-2-13(17)8(3-10)6-14(19)9-4-11(16)7-12(18)5-9/h1-5,7H,6,18H2. The average molecular weight is 343 g/mol. The summed E-state index contributed by atoms with van der Waals surface area (Å²) in [5.41, 5.74) is 6.74. The minimum Gasteiger partial charge on any atom is -0.399 e. The fourth-order valence-electron chi connectivity index (χ4n) is 1.73. The number of halogens is 3. The molecule has 2 aromatic carbocycles. The van der Waals surface area contributed by atoms with Crippen molar-refractivity contribution in [2.75, 3.05) is 5.73 Å². The molecule has 0 atom stereocenters. The van der Waals surface area contributed by atoms with Gasteiger partial charge in [0.05, 0.1) is 0 Å². The first-order chi connectivity index (χ1) is 8.95. The number of rotatable bonds is 3. The number of nitrogens with two attached hydrogens (primary N) is 1. The molecular formula is C14H10BrClFNO. The zero-order valence-electron chi connectivity index (χ0n) is 9.79. The molecule has 0 heterocycles. The molecule has 0 saturated heterocycles. The molecule has 0 aliphatic rings. The first-order valence-electron chi connectivity index (χ1n) is 5.49. The van der Waals surface area contributed by atoms with Gasteiger partial charge in [0.2, 0.25) is 0 Å². The van der Waals surface area contributed by atoms with Gasteiger partial charge in [-0.2, -0.15) is 0 Å². The zero-order valence-corrected chi connectivity index (χ0v) is 12.1. The lowest BCUT2D eigenvalue weighted by Gasteiger charge is -2.05. The molecule has 19 heavy (non-hydrogen) atoms. The summed E-state index contributed by atoms with van der Waals surface area (Å²) in [6.45, 7) is 0. The highest BCUT2D eigenvalue weighted by Crippen LogP contribution is 2.20. The van der Waals surface area contributed by atoms with Crippen LogP contribution in [0, 0.1) is 5.82 Å². The first kappa shape index (κ1) is 14.0. The summed E-state index contributed by atoms with van der Waals surface area (Å²) in [6, 6.07) is 9.10. The van der Waals surface area contributed by atoms with Crippen LogP contribution in [0.2, 0.25) is 5.02 Å². The third-order valence-electron chi connectivity index (χ3n) is 2.60. The van der Waals surface area contributed by atoms with E-state index in [1.807, 2.05) is 0 Å². The predicted molar refractivity (Wildman–Crippen MR) is 78.0 cm³/mol. The molecular weight excluding hydrogens is 333 g/mol. The Morgan fingerprint density at radius 1 is 1.26 bits per heavy atom. The van der Waals surface area contributed by atoms with Gasteiger partial charge in [0.1, 0.15) is 5.82 Å². The summed E-state index contributed by atoms with van der Waals surface area (Å²) >= 11 is 9.09. The number of carbonyl (C=O) groups excluding carboxylic acids is 1. The normalized spacial score (nSPS) is 10.5. The van der Waals surface area contributed by atoms with E-state index in [1.54, 1.807) is 18.2 Å². The van der Waals surface area contributed by atoms with Gasteiger partial charge in [-0.25, -0.2) is 4.39 Å². The van der Waals surface area contributed by atoms with E-state index < -0.39 is 5.82 Å². The largest absolute Gasteiger partial charge is 0.399 e. The van der Waals surface area contributed by atoms with Gasteiger partial charge in [0, 0.05) is 27.2 Å². The Kier molecular flexibility index (Phi) is 4.22. The molecule has 0 aromatic heterocycles. The predicted octanol–water partition coefficient (Wildman–Crippen LogP) is 4.25. The molecule has 0 aliphatic heterocycles. The SMILES string of the molecule is Nc1cc(Cl)cc(C(=O)Cc2cc(Br)ccc2F)c1. The maximum absolute atomic E-state index is 13.6. The molecule has 0 unspecified atom stereocenters. The number of benzene rings is 2. The van der Waals surface area contributed by atoms with Gasteiger partial charge in [-0.1, -0.05) is 27.5 Å². The van der Waals surface area contributed by atoms with E-state index in [2.05, 4.69) is 15.9 Å². The van der Waals surface area contributed by atoms with Gasteiger partial charge in [-0.15, -0.1) is 0 Å². The monoisotopic (exact) mass is 341 g/mol. The van der Waals surface area contributed by atoms with Crippen LogP contribution in [0.5, 0.6) is 0 Å². The van der Waals surface area contributed by atoms with E-state index in [-0.39, 0.29) is 12.2 Å². The molecule has 2 N–H and O–H groups in total. The van der Waals surface area contributed by atoms with Crippen molar-refractivity contribution < 1.29 is 9.18 Å². The highest BCUT2D eigenvalue weighted by molar-refractivity contribution is 9.10. The summed E-state index contributed by atoms with van der Waals surface area (Å²) in [7, 11) is 0. The van der Waals surface area contributed by atoms with Crippen molar-refractivity contribution in [3.63, 3.8) is 0 Å². The molecule has 0 radical (unpaired) electrons. The first-order valence-corrected chi connectivity index (χ1v) is 6.66. The van der Waals surface area contributed by atoms with Crippen LogP contribution < -0.4 is 5.73 Å². The van der Waals surface area contributed by atoms with Gasteiger partial charge in [-0.05, 0) is 42.0 Å². The molecule has 2 aromatic rings. The molecule has 0 saturated carbocycles. The van der Waals surface area contributed by atoms with E-state index in [4.69, 9.17) is 17.3 Å². The number of Topliss-reactive ketones (excluding diaryl/α,β-unsaturated/α-hetero) is 1. The fraction of sp³-hybridized carbons (Fsp3) is 0.0714. The molecule has 0 spiro atoms. The van der Waals surface area contributed by atoms with Crippen LogP contribution in [0.3, 0.4) is 0 Å². The van der Waals surface area contributed by atoms with Crippen LogP contribution in [0.25, 0.3) is 0 Å².